The molecule has 1 atom stereocenters. The van der Waals surface area contributed by atoms with Gasteiger partial charge in [-0.05, 0) is 38.0 Å². The molecule has 0 aromatic heterocycles. The van der Waals surface area contributed by atoms with E-state index in [-0.39, 0.29) is 35.1 Å². The fourth-order valence-electron chi connectivity index (χ4n) is 2.65. The molecule has 0 aliphatic carbocycles. The molecular formula is C19H33N3O5S. The van der Waals surface area contributed by atoms with Gasteiger partial charge in [0.25, 0.3) is 5.91 Å². The van der Waals surface area contributed by atoms with Gasteiger partial charge in [0.1, 0.15) is 0 Å². The quantitative estimate of drug-likeness (QED) is 0.580. The molecule has 0 radical (unpaired) electrons. The highest BCUT2D eigenvalue weighted by atomic mass is 32.2. The molecule has 0 aromatic carbocycles. The van der Waals surface area contributed by atoms with Crippen molar-refractivity contribution in [3.8, 4) is 0 Å². The van der Waals surface area contributed by atoms with Gasteiger partial charge in [0.05, 0.1) is 11.5 Å². The van der Waals surface area contributed by atoms with E-state index in [0.29, 0.717) is 38.9 Å². The summed E-state index contributed by atoms with van der Waals surface area (Å²) in [4.78, 5) is 47.9. The maximum atomic E-state index is 12.3. The second-order valence-electron chi connectivity index (χ2n) is 7.26. The van der Waals surface area contributed by atoms with Gasteiger partial charge < -0.3 is 20.7 Å². The van der Waals surface area contributed by atoms with Crippen molar-refractivity contribution in [1.82, 2.24) is 16.0 Å². The number of amides is 3. The summed E-state index contributed by atoms with van der Waals surface area (Å²) in [7, 11) is 0. The first-order valence-corrected chi connectivity index (χ1v) is 11.1. The second-order valence-corrected chi connectivity index (χ2v) is 8.24. The molecule has 3 amide bonds. The third-order valence-electron chi connectivity index (χ3n) is 4.08. The first kappa shape index (κ1) is 24.3. The number of carbonyl (C=O) groups is 4. The predicted molar refractivity (Wildman–Crippen MR) is 109 cm³/mol. The van der Waals surface area contributed by atoms with Crippen LogP contribution in [0, 0.1) is 5.92 Å². The molecule has 1 rings (SSSR count). The van der Waals surface area contributed by atoms with Gasteiger partial charge in [-0.2, -0.15) is 0 Å². The molecule has 9 heteroatoms. The Bertz CT molecular complexity index is 528. The van der Waals surface area contributed by atoms with E-state index in [1.807, 2.05) is 13.8 Å². The van der Waals surface area contributed by atoms with Crippen LogP contribution in [-0.4, -0.2) is 60.9 Å². The van der Waals surface area contributed by atoms with Crippen LogP contribution in [0.4, 0.5) is 0 Å². The molecule has 1 heterocycles. The zero-order valence-corrected chi connectivity index (χ0v) is 17.7. The number of hydrogen-bond donors (Lipinski definition) is 3. The van der Waals surface area contributed by atoms with Gasteiger partial charge in [-0.1, -0.05) is 13.8 Å². The average Bonchev–Trinajstić information content (AvgIpc) is 2.62. The predicted octanol–water partition coefficient (Wildman–Crippen LogP) is 0.990. The van der Waals surface area contributed by atoms with Crippen LogP contribution in [0.25, 0.3) is 0 Å². The number of thioether (sulfide) groups is 1. The number of carbonyl (C=O) groups excluding carboxylic acids is 4. The molecule has 8 nitrogen and oxygen atoms in total. The zero-order chi connectivity index (χ0) is 20.8. The third kappa shape index (κ3) is 11.8. The Hall–Kier alpha value is -1.77. The van der Waals surface area contributed by atoms with E-state index in [9.17, 15) is 19.2 Å². The summed E-state index contributed by atoms with van der Waals surface area (Å²) in [5.41, 5.74) is 0. The summed E-state index contributed by atoms with van der Waals surface area (Å²) in [5, 5.41) is 8.40. The molecular weight excluding hydrogens is 382 g/mol. The summed E-state index contributed by atoms with van der Waals surface area (Å²) in [6, 6.07) is 0. The maximum Gasteiger partial charge on any atom is 0.316 e. The summed E-state index contributed by atoms with van der Waals surface area (Å²) >= 11 is 1.18. The third-order valence-corrected chi connectivity index (χ3v) is 4.99. The van der Waals surface area contributed by atoms with Crippen LogP contribution in [0.1, 0.15) is 52.4 Å². The van der Waals surface area contributed by atoms with Gasteiger partial charge >= 0.3 is 5.97 Å². The lowest BCUT2D eigenvalue weighted by molar-refractivity contribution is -0.154. The van der Waals surface area contributed by atoms with Crippen molar-refractivity contribution in [3.63, 3.8) is 0 Å². The summed E-state index contributed by atoms with van der Waals surface area (Å²) in [5.74, 6) is -0.650. The van der Waals surface area contributed by atoms with Crippen molar-refractivity contribution in [1.29, 1.82) is 0 Å². The molecule has 160 valence electrons. The highest BCUT2D eigenvalue weighted by Gasteiger charge is 2.24. The van der Waals surface area contributed by atoms with E-state index in [1.165, 1.54) is 11.8 Å². The molecule has 1 aliphatic rings. The fourth-order valence-corrected chi connectivity index (χ4v) is 3.28. The highest BCUT2D eigenvalue weighted by molar-refractivity contribution is 8.00. The normalized spacial score (nSPS) is 22.6. The van der Waals surface area contributed by atoms with Gasteiger partial charge in [-0.3, -0.25) is 19.2 Å². The van der Waals surface area contributed by atoms with E-state index < -0.39 is 12.1 Å². The molecule has 0 bridgehead atoms. The molecule has 28 heavy (non-hydrogen) atoms. The standard InChI is InChI=1S/C19H33N3O5S/c1-14(2)11-15-19(26)22-10-6-7-16(23)20-8-4-3-5-9-21-17(24)12-28-13-18(25)27-15/h14-15H,3-13H2,1-2H3,(H,20,23)(H,21,24)(H,22,26). The Balaban J connectivity index is 2.60. The van der Waals surface area contributed by atoms with Crippen molar-refractivity contribution in [2.45, 2.75) is 58.5 Å². The summed E-state index contributed by atoms with van der Waals surface area (Å²) in [6.45, 7) is 5.44. The van der Waals surface area contributed by atoms with Crippen LogP contribution in [0.3, 0.4) is 0 Å². The topological polar surface area (TPSA) is 114 Å². The summed E-state index contributed by atoms with van der Waals surface area (Å²) < 4.78 is 5.33. The Morgan fingerprint density at radius 1 is 0.893 bits per heavy atom. The van der Waals surface area contributed by atoms with Crippen molar-refractivity contribution in [2.75, 3.05) is 31.1 Å². The highest BCUT2D eigenvalue weighted by Crippen LogP contribution is 2.11. The number of rotatable bonds is 2. The van der Waals surface area contributed by atoms with Gasteiger partial charge in [-0.15, -0.1) is 11.8 Å². The van der Waals surface area contributed by atoms with Crippen LogP contribution < -0.4 is 16.0 Å². The SMILES string of the molecule is CC(C)CC1OC(=O)CSCC(=O)NCCCCCNC(=O)CCCNC1=O. The van der Waals surface area contributed by atoms with Gasteiger partial charge in [0.2, 0.25) is 11.8 Å². The molecule has 0 aromatic rings. The van der Waals surface area contributed by atoms with Gasteiger partial charge in [0.15, 0.2) is 6.10 Å². The average molecular weight is 416 g/mol. The van der Waals surface area contributed by atoms with Crippen molar-refractivity contribution < 1.29 is 23.9 Å². The Labute approximate surface area is 171 Å². The maximum absolute atomic E-state index is 12.3. The molecule has 0 spiro atoms. The number of hydrogen-bond acceptors (Lipinski definition) is 6. The first-order chi connectivity index (χ1) is 13.4. The van der Waals surface area contributed by atoms with Crippen molar-refractivity contribution >= 4 is 35.5 Å². The first-order valence-electron chi connectivity index (χ1n) is 9.96. The van der Waals surface area contributed by atoms with Gasteiger partial charge in [0, 0.05) is 26.1 Å². The molecule has 1 unspecified atom stereocenters. The lowest BCUT2D eigenvalue weighted by Gasteiger charge is -2.19. The van der Waals surface area contributed by atoms with Crippen LogP contribution in [0.15, 0.2) is 0 Å². The van der Waals surface area contributed by atoms with Crippen LogP contribution in [-0.2, 0) is 23.9 Å². The lowest BCUT2D eigenvalue weighted by Crippen LogP contribution is -2.39. The van der Waals surface area contributed by atoms with E-state index in [0.717, 1.165) is 19.3 Å². The van der Waals surface area contributed by atoms with E-state index in [2.05, 4.69) is 16.0 Å². The van der Waals surface area contributed by atoms with E-state index in [1.54, 1.807) is 0 Å². The smallest absolute Gasteiger partial charge is 0.316 e. The second kappa shape index (κ2) is 14.3. The molecule has 1 saturated heterocycles. The zero-order valence-electron chi connectivity index (χ0n) is 16.9. The Morgan fingerprint density at radius 2 is 1.54 bits per heavy atom. The fraction of sp³-hybridized carbons (Fsp3) is 0.789. The number of esters is 1. The monoisotopic (exact) mass is 415 g/mol. The molecule has 0 saturated carbocycles. The minimum atomic E-state index is -0.860. The summed E-state index contributed by atoms with van der Waals surface area (Å²) in [6.07, 6.45) is 3.04. The molecule has 1 fully saturated rings. The molecule has 3 N–H and O–H groups in total. The van der Waals surface area contributed by atoms with Crippen LogP contribution >= 0.6 is 11.8 Å². The van der Waals surface area contributed by atoms with E-state index in [4.69, 9.17) is 4.74 Å². The van der Waals surface area contributed by atoms with Gasteiger partial charge in [-0.25, -0.2) is 0 Å². The van der Waals surface area contributed by atoms with Crippen molar-refractivity contribution in [3.05, 3.63) is 0 Å². The number of nitrogens with one attached hydrogen (secondary N) is 3. The number of ether oxygens (including phenoxy) is 1. The Morgan fingerprint density at radius 3 is 2.21 bits per heavy atom. The molecule has 1 aliphatic heterocycles. The Kier molecular flexibility index (Phi) is 12.4. The van der Waals surface area contributed by atoms with Crippen molar-refractivity contribution in [2.24, 2.45) is 5.92 Å². The number of cyclic esters (lactones) is 1. The van der Waals surface area contributed by atoms with E-state index >= 15 is 0 Å². The van der Waals surface area contributed by atoms with Crippen LogP contribution in [0.5, 0.6) is 0 Å². The van der Waals surface area contributed by atoms with Crippen LogP contribution in [0.2, 0.25) is 0 Å². The largest absolute Gasteiger partial charge is 0.452 e. The lowest BCUT2D eigenvalue weighted by atomic mass is 10.1. The minimum absolute atomic E-state index is 0.0233. The minimum Gasteiger partial charge on any atom is -0.452 e.